The summed E-state index contributed by atoms with van der Waals surface area (Å²) in [6, 6.07) is 13.6. The predicted octanol–water partition coefficient (Wildman–Crippen LogP) is 4.81. The maximum Gasteiger partial charge on any atom is 0.411 e. The number of hydrogen-bond donors (Lipinski definition) is 2. The molecule has 0 fully saturated rings. The average Bonchev–Trinajstić information content (AvgIpc) is 3.18. The van der Waals surface area contributed by atoms with Crippen molar-refractivity contribution in [1.29, 1.82) is 0 Å². The second-order valence-electron chi connectivity index (χ2n) is 5.52. The first-order valence-electron chi connectivity index (χ1n) is 8.12. The zero-order valence-corrected chi connectivity index (χ0v) is 16.3. The number of thiazole rings is 1. The van der Waals surface area contributed by atoms with Gasteiger partial charge in [-0.2, -0.15) is 0 Å². The standard InChI is InChI=1S/C19H16ClN3O4S/c1-26-19(25)22-14-6-4-13(5-7-14)21-18(24)16-11-28-17(23-16)10-27-15-8-2-12(20)3-9-15/h2-9,11H,10H2,1H3,(H,21,24)(H,22,25). The topological polar surface area (TPSA) is 89.6 Å². The summed E-state index contributed by atoms with van der Waals surface area (Å²) < 4.78 is 10.1. The van der Waals surface area contributed by atoms with Gasteiger partial charge in [-0.15, -0.1) is 11.3 Å². The molecule has 7 nitrogen and oxygen atoms in total. The smallest absolute Gasteiger partial charge is 0.411 e. The maximum absolute atomic E-state index is 12.3. The number of hydrogen-bond acceptors (Lipinski definition) is 6. The molecule has 2 aromatic carbocycles. The Bertz CT molecular complexity index is 958. The molecular formula is C19H16ClN3O4S. The van der Waals surface area contributed by atoms with Gasteiger partial charge in [-0.25, -0.2) is 9.78 Å². The third-order valence-electron chi connectivity index (χ3n) is 3.53. The number of methoxy groups -OCH3 is 1. The number of anilines is 2. The Morgan fingerprint density at radius 3 is 2.32 bits per heavy atom. The van der Waals surface area contributed by atoms with Crippen LogP contribution in [0.5, 0.6) is 5.75 Å². The predicted molar refractivity (Wildman–Crippen MR) is 108 cm³/mol. The average molecular weight is 418 g/mol. The van der Waals surface area contributed by atoms with Gasteiger partial charge in [-0.1, -0.05) is 11.6 Å². The summed E-state index contributed by atoms with van der Waals surface area (Å²) in [4.78, 5) is 27.8. The van der Waals surface area contributed by atoms with Gasteiger partial charge in [0.05, 0.1) is 7.11 Å². The van der Waals surface area contributed by atoms with Crippen LogP contribution in [0.4, 0.5) is 16.2 Å². The van der Waals surface area contributed by atoms with Crippen molar-refractivity contribution in [3.8, 4) is 5.75 Å². The summed E-state index contributed by atoms with van der Waals surface area (Å²) in [6.45, 7) is 0.257. The van der Waals surface area contributed by atoms with E-state index in [0.29, 0.717) is 32.8 Å². The van der Waals surface area contributed by atoms with E-state index in [1.165, 1.54) is 18.4 Å². The van der Waals surface area contributed by atoms with Crippen molar-refractivity contribution in [3.05, 3.63) is 69.6 Å². The molecule has 0 radical (unpaired) electrons. The molecular weight excluding hydrogens is 402 g/mol. The number of nitrogens with one attached hydrogen (secondary N) is 2. The van der Waals surface area contributed by atoms with Crippen molar-refractivity contribution in [2.24, 2.45) is 0 Å². The normalized spacial score (nSPS) is 10.2. The molecule has 1 aromatic heterocycles. The largest absolute Gasteiger partial charge is 0.486 e. The lowest BCUT2D eigenvalue weighted by Crippen LogP contribution is -2.13. The highest BCUT2D eigenvalue weighted by molar-refractivity contribution is 7.09. The molecule has 0 spiro atoms. The highest BCUT2D eigenvalue weighted by atomic mass is 35.5. The summed E-state index contributed by atoms with van der Waals surface area (Å²) in [6.07, 6.45) is -0.562. The number of carbonyl (C=O) groups is 2. The van der Waals surface area contributed by atoms with Gasteiger partial charge >= 0.3 is 6.09 Å². The molecule has 28 heavy (non-hydrogen) atoms. The minimum Gasteiger partial charge on any atom is -0.486 e. The number of ether oxygens (including phenoxy) is 2. The molecule has 0 bridgehead atoms. The molecule has 0 aliphatic heterocycles. The van der Waals surface area contributed by atoms with Crippen LogP contribution in [0.3, 0.4) is 0 Å². The second-order valence-corrected chi connectivity index (χ2v) is 6.90. The fourth-order valence-corrected chi connectivity index (χ4v) is 2.97. The summed E-state index contributed by atoms with van der Waals surface area (Å²) >= 11 is 7.17. The minimum atomic E-state index is -0.562. The highest BCUT2D eigenvalue weighted by Crippen LogP contribution is 2.19. The lowest BCUT2D eigenvalue weighted by molar-refractivity contribution is 0.102. The Balaban J connectivity index is 1.55. The van der Waals surface area contributed by atoms with Crippen molar-refractivity contribution >= 4 is 46.3 Å². The van der Waals surface area contributed by atoms with Crippen LogP contribution < -0.4 is 15.4 Å². The van der Waals surface area contributed by atoms with Crippen molar-refractivity contribution in [3.63, 3.8) is 0 Å². The first-order valence-corrected chi connectivity index (χ1v) is 9.38. The number of aromatic nitrogens is 1. The molecule has 0 atom stereocenters. The third kappa shape index (κ3) is 5.45. The lowest BCUT2D eigenvalue weighted by Gasteiger charge is -2.06. The van der Waals surface area contributed by atoms with Gasteiger partial charge in [0.2, 0.25) is 0 Å². The second kappa shape index (κ2) is 9.20. The van der Waals surface area contributed by atoms with E-state index in [-0.39, 0.29) is 12.5 Å². The molecule has 0 saturated carbocycles. The molecule has 9 heteroatoms. The van der Waals surface area contributed by atoms with Gasteiger partial charge in [-0.05, 0) is 48.5 Å². The number of benzene rings is 2. The molecule has 0 saturated heterocycles. The van der Waals surface area contributed by atoms with E-state index in [1.54, 1.807) is 53.9 Å². The molecule has 2 N–H and O–H groups in total. The number of amides is 2. The van der Waals surface area contributed by atoms with Crippen LogP contribution in [0.25, 0.3) is 0 Å². The fourth-order valence-electron chi connectivity index (χ4n) is 2.16. The Morgan fingerprint density at radius 2 is 1.68 bits per heavy atom. The SMILES string of the molecule is COC(=O)Nc1ccc(NC(=O)c2csc(COc3ccc(Cl)cc3)n2)cc1. The fraction of sp³-hybridized carbons (Fsp3) is 0.105. The monoisotopic (exact) mass is 417 g/mol. The molecule has 0 aliphatic carbocycles. The summed E-state index contributed by atoms with van der Waals surface area (Å²) in [5.41, 5.74) is 1.43. The highest BCUT2D eigenvalue weighted by Gasteiger charge is 2.12. The van der Waals surface area contributed by atoms with Gasteiger partial charge in [-0.3, -0.25) is 10.1 Å². The molecule has 144 valence electrons. The van der Waals surface area contributed by atoms with Gasteiger partial charge in [0.25, 0.3) is 5.91 Å². The molecule has 2 amide bonds. The summed E-state index contributed by atoms with van der Waals surface area (Å²) in [5.74, 6) is 0.342. The number of carbonyl (C=O) groups excluding carboxylic acids is 2. The lowest BCUT2D eigenvalue weighted by atomic mass is 10.2. The van der Waals surface area contributed by atoms with Crippen LogP contribution in [-0.4, -0.2) is 24.1 Å². The van der Waals surface area contributed by atoms with Crippen LogP contribution in [0.1, 0.15) is 15.5 Å². The van der Waals surface area contributed by atoms with E-state index < -0.39 is 6.09 Å². The van der Waals surface area contributed by atoms with Crippen LogP contribution in [0.15, 0.2) is 53.9 Å². The quantitative estimate of drug-likeness (QED) is 0.601. The van der Waals surface area contributed by atoms with Crippen LogP contribution in [0.2, 0.25) is 5.02 Å². The Hall–Kier alpha value is -3.10. The Kier molecular flexibility index (Phi) is 6.46. The first kappa shape index (κ1) is 19.7. The van der Waals surface area contributed by atoms with Gasteiger partial charge < -0.3 is 14.8 Å². The van der Waals surface area contributed by atoms with Crippen molar-refractivity contribution in [1.82, 2.24) is 4.98 Å². The van der Waals surface area contributed by atoms with E-state index in [9.17, 15) is 9.59 Å². The maximum atomic E-state index is 12.3. The molecule has 1 heterocycles. The number of nitrogens with zero attached hydrogens (tertiary/aromatic N) is 1. The summed E-state index contributed by atoms with van der Waals surface area (Å²) in [7, 11) is 1.28. The summed E-state index contributed by atoms with van der Waals surface area (Å²) in [5, 5.41) is 8.27. The molecule has 0 aliphatic rings. The number of rotatable bonds is 6. The van der Waals surface area contributed by atoms with Crippen LogP contribution in [0, 0.1) is 0 Å². The zero-order valence-electron chi connectivity index (χ0n) is 14.8. The van der Waals surface area contributed by atoms with E-state index in [2.05, 4.69) is 20.4 Å². The molecule has 0 unspecified atom stereocenters. The Labute approximate surface area is 170 Å². The Morgan fingerprint density at radius 1 is 1.04 bits per heavy atom. The van der Waals surface area contributed by atoms with E-state index in [1.807, 2.05) is 0 Å². The third-order valence-corrected chi connectivity index (χ3v) is 4.61. The van der Waals surface area contributed by atoms with E-state index in [0.717, 1.165) is 0 Å². The van der Waals surface area contributed by atoms with Crippen LogP contribution >= 0.6 is 22.9 Å². The van der Waals surface area contributed by atoms with Gasteiger partial charge in [0.15, 0.2) is 0 Å². The van der Waals surface area contributed by atoms with Gasteiger partial charge in [0.1, 0.15) is 23.1 Å². The van der Waals surface area contributed by atoms with Gasteiger partial charge in [0, 0.05) is 21.8 Å². The molecule has 3 rings (SSSR count). The number of halogens is 1. The van der Waals surface area contributed by atoms with Crippen LogP contribution in [-0.2, 0) is 11.3 Å². The first-order chi connectivity index (χ1) is 13.5. The van der Waals surface area contributed by atoms with E-state index >= 15 is 0 Å². The van der Waals surface area contributed by atoms with Crippen molar-refractivity contribution in [2.45, 2.75) is 6.61 Å². The zero-order chi connectivity index (χ0) is 19.9. The van der Waals surface area contributed by atoms with Crippen molar-refractivity contribution < 1.29 is 19.1 Å². The van der Waals surface area contributed by atoms with E-state index in [4.69, 9.17) is 16.3 Å². The van der Waals surface area contributed by atoms with Crippen molar-refractivity contribution in [2.75, 3.05) is 17.7 Å². The minimum absolute atomic E-state index is 0.257. The molecule has 3 aromatic rings.